The van der Waals surface area contributed by atoms with Crippen molar-refractivity contribution in [3.8, 4) is 67.2 Å². The van der Waals surface area contributed by atoms with E-state index in [1.165, 1.54) is 27.6 Å². The molecule has 0 unspecified atom stereocenters. The highest BCUT2D eigenvalue weighted by molar-refractivity contribution is 6.05. The molecule has 76 heavy (non-hydrogen) atoms. The van der Waals surface area contributed by atoms with Crippen LogP contribution in [0, 0.1) is 0 Å². The zero-order valence-electron chi connectivity index (χ0n) is 41.1. The van der Waals surface area contributed by atoms with E-state index in [9.17, 15) is 0 Å². The Morgan fingerprint density at radius 3 is 1.26 bits per heavy atom. The third-order valence-electron chi connectivity index (χ3n) is 14.4. The molecule has 0 aliphatic heterocycles. The standard InChI is InChI=1S/C36H24N2.C34H20N4/c1-3-9-25(10-4-1)30-20-21-32-33(24-34(38-35(32)23-30)28-11-5-2-6-12-28)27-18-16-26(17-19-27)31-15-7-13-29-14-8-22-37-36(29)31;1-3-22-7-9-24-13-15-29(37-33(24)31(22)35-17-1)26-11-5-21-6-12-27(20-28(21)19-26)30-16-14-25-10-8-23-4-2-18-36-32(23)34(25)38-30/h1-24H;1-20H. The van der Waals surface area contributed by atoms with Crippen LogP contribution in [0.3, 0.4) is 0 Å². The number of pyridine rings is 6. The predicted molar refractivity (Wildman–Crippen MR) is 315 cm³/mol. The normalized spacial score (nSPS) is 11.4. The number of aromatic nitrogens is 6. The lowest BCUT2D eigenvalue weighted by atomic mass is 9.94. The van der Waals surface area contributed by atoms with Crippen molar-refractivity contribution in [2.45, 2.75) is 0 Å². The van der Waals surface area contributed by atoms with Gasteiger partial charge in [-0.15, -0.1) is 0 Å². The van der Waals surface area contributed by atoms with Crippen molar-refractivity contribution in [1.29, 1.82) is 0 Å². The average molecular weight is 969 g/mol. The summed E-state index contributed by atoms with van der Waals surface area (Å²) in [7, 11) is 0. The summed E-state index contributed by atoms with van der Waals surface area (Å²) in [6.07, 6.45) is 5.51. The van der Waals surface area contributed by atoms with E-state index >= 15 is 0 Å². The first-order valence-corrected chi connectivity index (χ1v) is 25.5. The quantitative estimate of drug-likeness (QED) is 0.155. The van der Waals surface area contributed by atoms with Gasteiger partial charge in [0.05, 0.1) is 50.2 Å². The predicted octanol–water partition coefficient (Wildman–Crippen LogP) is 17.8. The van der Waals surface area contributed by atoms with Crippen LogP contribution in [0.1, 0.15) is 0 Å². The molecule has 6 nitrogen and oxygen atoms in total. The zero-order chi connectivity index (χ0) is 50.4. The van der Waals surface area contributed by atoms with E-state index in [1.807, 2.05) is 48.9 Å². The molecule has 354 valence electrons. The average Bonchev–Trinajstić information content (AvgIpc) is 3.52. The van der Waals surface area contributed by atoms with Gasteiger partial charge in [0, 0.05) is 73.2 Å². The van der Waals surface area contributed by atoms with Gasteiger partial charge in [-0.3, -0.25) is 15.0 Å². The molecule has 9 aromatic carbocycles. The maximum absolute atomic E-state index is 5.11. The summed E-state index contributed by atoms with van der Waals surface area (Å²) < 4.78 is 0. The molecule has 0 atom stereocenters. The Morgan fingerprint density at radius 1 is 0.211 bits per heavy atom. The fraction of sp³-hybridized carbons (Fsp3) is 0. The van der Waals surface area contributed by atoms with Crippen LogP contribution in [0.2, 0.25) is 0 Å². The van der Waals surface area contributed by atoms with Crippen molar-refractivity contribution >= 4 is 76.2 Å². The van der Waals surface area contributed by atoms with Gasteiger partial charge in [0.2, 0.25) is 0 Å². The van der Waals surface area contributed by atoms with Gasteiger partial charge in [-0.05, 0) is 93.2 Å². The third kappa shape index (κ3) is 8.30. The summed E-state index contributed by atoms with van der Waals surface area (Å²) in [6, 6.07) is 86.9. The van der Waals surface area contributed by atoms with Crippen molar-refractivity contribution in [1.82, 2.24) is 29.9 Å². The topological polar surface area (TPSA) is 77.3 Å². The minimum absolute atomic E-state index is 0.927. The summed E-state index contributed by atoms with van der Waals surface area (Å²) in [5.74, 6) is 0. The minimum Gasteiger partial charge on any atom is -0.256 e. The second-order valence-electron chi connectivity index (χ2n) is 19.1. The molecule has 6 heteroatoms. The molecule has 0 N–H and O–H groups in total. The number of hydrogen-bond acceptors (Lipinski definition) is 6. The second-order valence-corrected chi connectivity index (χ2v) is 19.1. The largest absolute Gasteiger partial charge is 0.256 e. The molecule has 15 aromatic rings. The summed E-state index contributed by atoms with van der Waals surface area (Å²) in [5, 5.41) is 8.99. The van der Waals surface area contributed by atoms with Gasteiger partial charge in [-0.25, -0.2) is 15.0 Å². The Morgan fingerprint density at radius 2 is 0.671 bits per heavy atom. The molecule has 0 fully saturated rings. The van der Waals surface area contributed by atoms with E-state index in [0.717, 1.165) is 116 Å². The van der Waals surface area contributed by atoms with Gasteiger partial charge in [0.15, 0.2) is 0 Å². The Labute approximate surface area is 438 Å². The van der Waals surface area contributed by atoms with Crippen LogP contribution < -0.4 is 0 Å². The number of benzene rings is 9. The van der Waals surface area contributed by atoms with Gasteiger partial charge in [0.25, 0.3) is 0 Å². The number of nitrogens with zero attached hydrogens (tertiary/aromatic N) is 6. The summed E-state index contributed by atoms with van der Waals surface area (Å²) in [5.41, 5.74) is 18.8. The summed E-state index contributed by atoms with van der Waals surface area (Å²) >= 11 is 0. The van der Waals surface area contributed by atoms with Crippen LogP contribution in [0.25, 0.3) is 143 Å². The van der Waals surface area contributed by atoms with Crippen molar-refractivity contribution in [2.75, 3.05) is 0 Å². The van der Waals surface area contributed by atoms with E-state index in [0.29, 0.717) is 0 Å². The molecule has 0 aliphatic carbocycles. The highest BCUT2D eigenvalue weighted by Gasteiger charge is 2.14. The van der Waals surface area contributed by atoms with E-state index in [2.05, 4.69) is 233 Å². The SMILES string of the molecule is c1ccc(-c2ccc3c(-c4ccc(-c5cccc6cccnc56)cc4)cc(-c4ccccc4)nc3c2)cc1.c1cnc2c(c1)ccc1ccc(-c3ccc4ccc(-c5ccc6ccc7cccnc7c6n5)cc4c3)nc12. The van der Waals surface area contributed by atoms with Crippen LogP contribution >= 0.6 is 0 Å². The van der Waals surface area contributed by atoms with E-state index in [1.54, 1.807) is 0 Å². The monoisotopic (exact) mass is 968 g/mol. The smallest absolute Gasteiger partial charge is 0.0972 e. The lowest BCUT2D eigenvalue weighted by molar-refractivity contribution is 1.37. The summed E-state index contributed by atoms with van der Waals surface area (Å²) in [4.78, 5) is 29.1. The lowest BCUT2D eigenvalue weighted by Crippen LogP contribution is -1.91. The van der Waals surface area contributed by atoms with Crippen molar-refractivity contribution in [3.05, 3.63) is 267 Å². The number of para-hydroxylation sites is 1. The fourth-order valence-electron chi connectivity index (χ4n) is 10.5. The zero-order valence-corrected chi connectivity index (χ0v) is 41.1. The third-order valence-corrected chi connectivity index (χ3v) is 14.4. The Balaban J connectivity index is 0.000000139. The lowest BCUT2D eigenvalue weighted by Gasteiger charge is -2.13. The fourth-order valence-corrected chi connectivity index (χ4v) is 10.5. The van der Waals surface area contributed by atoms with Crippen molar-refractivity contribution in [2.24, 2.45) is 0 Å². The number of hydrogen-bond donors (Lipinski definition) is 0. The van der Waals surface area contributed by atoms with Crippen LogP contribution in [-0.4, -0.2) is 29.9 Å². The first-order chi connectivity index (χ1) is 37.6. The molecule has 0 aliphatic rings. The van der Waals surface area contributed by atoms with E-state index in [4.69, 9.17) is 15.0 Å². The second kappa shape index (κ2) is 19.0. The van der Waals surface area contributed by atoms with Crippen LogP contribution in [0.5, 0.6) is 0 Å². The maximum Gasteiger partial charge on any atom is 0.0972 e. The van der Waals surface area contributed by atoms with Gasteiger partial charge in [-0.1, -0.05) is 194 Å². The van der Waals surface area contributed by atoms with E-state index in [-0.39, 0.29) is 0 Å². The molecular weight excluding hydrogens is 925 g/mol. The summed E-state index contributed by atoms with van der Waals surface area (Å²) in [6.45, 7) is 0. The van der Waals surface area contributed by atoms with Gasteiger partial charge < -0.3 is 0 Å². The Hall–Kier alpha value is -10.3. The van der Waals surface area contributed by atoms with Gasteiger partial charge in [-0.2, -0.15) is 0 Å². The van der Waals surface area contributed by atoms with Gasteiger partial charge >= 0.3 is 0 Å². The Kier molecular flexibility index (Phi) is 11.1. The number of rotatable bonds is 6. The molecule has 6 aromatic heterocycles. The molecule has 0 saturated carbocycles. The highest BCUT2D eigenvalue weighted by Crippen LogP contribution is 2.37. The molecule has 15 rings (SSSR count). The Bertz CT molecular complexity index is 4530. The molecule has 6 heterocycles. The molecule has 0 radical (unpaired) electrons. The molecule has 0 spiro atoms. The first kappa shape index (κ1) is 44.4. The van der Waals surface area contributed by atoms with Gasteiger partial charge in [0.1, 0.15) is 0 Å². The molecular formula is C70H44N6. The highest BCUT2D eigenvalue weighted by atomic mass is 14.8. The van der Waals surface area contributed by atoms with Crippen LogP contribution in [0.4, 0.5) is 0 Å². The molecule has 0 bridgehead atoms. The maximum atomic E-state index is 5.11. The van der Waals surface area contributed by atoms with Crippen LogP contribution in [-0.2, 0) is 0 Å². The van der Waals surface area contributed by atoms with Crippen molar-refractivity contribution < 1.29 is 0 Å². The first-order valence-electron chi connectivity index (χ1n) is 25.5. The minimum atomic E-state index is 0.927. The molecule has 0 amide bonds. The van der Waals surface area contributed by atoms with Crippen LogP contribution in [0.15, 0.2) is 267 Å². The van der Waals surface area contributed by atoms with E-state index < -0.39 is 0 Å². The number of fused-ring (bicyclic) bond motifs is 9. The molecule has 0 saturated heterocycles. The van der Waals surface area contributed by atoms with Crippen molar-refractivity contribution in [3.63, 3.8) is 0 Å².